The van der Waals surface area contributed by atoms with E-state index in [0.29, 0.717) is 0 Å². The quantitative estimate of drug-likeness (QED) is 0.787. The minimum absolute atomic E-state index is 0.0796. The summed E-state index contributed by atoms with van der Waals surface area (Å²) < 4.78 is 13.1. The zero-order chi connectivity index (χ0) is 9.84. The molecule has 0 aliphatic heterocycles. The van der Waals surface area contributed by atoms with E-state index >= 15 is 0 Å². The summed E-state index contributed by atoms with van der Waals surface area (Å²) in [6.45, 7) is 1.64. The summed E-state index contributed by atoms with van der Waals surface area (Å²) >= 11 is 5.51. The molecule has 0 amide bonds. The number of anilines is 1. The lowest BCUT2D eigenvalue weighted by Crippen LogP contribution is -2.20. The largest absolute Gasteiger partial charge is 0.394 e. The summed E-state index contributed by atoms with van der Waals surface area (Å²) in [6.07, 6.45) is 1.34. The Hall–Kier alpha value is -0.870. The topological polar surface area (TPSA) is 45.1 Å². The van der Waals surface area contributed by atoms with Crippen molar-refractivity contribution in [2.24, 2.45) is 0 Å². The van der Waals surface area contributed by atoms with Crippen LogP contribution in [0.1, 0.15) is 6.92 Å². The first-order chi connectivity index (χ1) is 6.13. The predicted octanol–water partition coefficient (Wildman–Crippen LogP) is 1.67. The summed E-state index contributed by atoms with van der Waals surface area (Å²) in [5.74, 6) is -0.418. The van der Waals surface area contributed by atoms with Gasteiger partial charge in [-0.3, -0.25) is 0 Å². The van der Waals surface area contributed by atoms with Crippen LogP contribution in [0.25, 0.3) is 0 Å². The number of nitrogens with one attached hydrogen (secondary N) is 1. The Balaban J connectivity index is 2.77. The predicted molar refractivity (Wildman–Crippen MR) is 49.4 cm³/mol. The van der Waals surface area contributed by atoms with E-state index in [0.717, 1.165) is 0 Å². The lowest BCUT2D eigenvalue weighted by atomic mass is 10.3. The van der Waals surface area contributed by atoms with E-state index in [-0.39, 0.29) is 23.5 Å². The van der Waals surface area contributed by atoms with E-state index in [2.05, 4.69) is 10.3 Å². The van der Waals surface area contributed by atoms with E-state index in [9.17, 15) is 4.39 Å². The van der Waals surface area contributed by atoms with Crippen molar-refractivity contribution in [3.05, 3.63) is 23.1 Å². The highest BCUT2D eigenvalue weighted by atomic mass is 35.5. The molecule has 0 aliphatic rings. The van der Waals surface area contributed by atoms with Crippen molar-refractivity contribution in [3.8, 4) is 0 Å². The number of pyridine rings is 1. The van der Waals surface area contributed by atoms with Gasteiger partial charge in [0.05, 0.1) is 11.6 Å². The van der Waals surface area contributed by atoms with Crippen LogP contribution in [-0.2, 0) is 0 Å². The molecular weight excluding hydrogens is 195 g/mol. The molecule has 0 aliphatic carbocycles. The average molecular weight is 205 g/mol. The lowest BCUT2D eigenvalue weighted by Gasteiger charge is -2.11. The minimum Gasteiger partial charge on any atom is -0.394 e. The molecule has 0 bridgehead atoms. The standard InChI is InChI=1S/C8H10ClFN2O/c1-5(4-13)12-8-7(10)2-6(9)3-11-8/h2-3,5,13H,4H2,1H3,(H,11,12). The van der Waals surface area contributed by atoms with Gasteiger partial charge in [-0.25, -0.2) is 9.37 Å². The van der Waals surface area contributed by atoms with Crippen molar-refractivity contribution in [2.45, 2.75) is 13.0 Å². The minimum atomic E-state index is -0.521. The van der Waals surface area contributed by atoms with E-state index < -0.39 is 5.82 Å². The molecule has 1 heterocycles. The first-order valence-electron chi connectivity index (χ1n) is 3.82. The second-order valence-electron chi connectivity index (χ2n) is 2.71. The normalized spacial score (nSPS) is 12.6. The molecule has 2 N–H and O–H groups in total. The fourth-order valence-corrected chi connectivity index (χ4v) is 0.944. The van der Waals surface area contributed by atoms with Gasteiger partial charge in [0.1, 0.15) is 0 Å². The zero-order valence-corrected chi connectivity index (χ0v) is 7.85. The molecule has 0 fully saturated rings. The molecule has 0 saturated carbocycles. The SMILES string of the molecule is CC(CO)Nc1ncc(Cl)cc1F. The molecule has 0 radical (unpaired) electrons. The van der Waals surface area contributed by atoms with E-state index in [1.165, 1.54) is 12.3 Å². The number of rotatable bonds is 3. The Morgan fingerprint density at radius 2 is 2.46 bits per heavy atom. The molecule has 1 atom stereocenters. The van der Waals surface area contributed by atoms with Gasteiger partial charge in [0, 0.05) is 12.2 Å². The van der Waals surface area contributed by atoms with Gasteiger partial charge in [0.2, 0.25) is 0 Å². The second kappa shape index (κ2) is 4.39. The van der Waals surface area contributed by atoms with Crippen LogP contribution in [0.5, 0.6) is 0 Å². The van der Waals surface area contributed by atoms with Crippen molar-refractivity contribution in [3.63, 3.8) is 0 Å². The number of hydrogen-bond donors (Lipinski definition) is 2. The number of halogens is 2. The molecule has 0 aromatic carbocycles. The molecule has 1 aromatic heterocycles. The summed E-state index contributed by atoms with van der Waals surface area (Å²) in [4.78, 5) is 3.74. The summed E-state index contributed by atoms with van der Waals surface area (Å²) in [7, 11) is 0. The molecule has 1 rings (SSSR count). The average Bonchev–Trinajstić information content (AvgIpc) is 2.09. The van der Waals surface area contributed by atoms with Gasteiger partial charge in [-0.15, -0.1) is 0 Å². The molecule has 1 aromatic rings. The Labute approximate surface area is 80.6 Å². The van der Waals surface area contributed by atoms with Crippen molar-refractivity contribution in [1.82, 2.24) is 4.98 Å². The van der Waals surface area contributed by atoms with Gasteiger partial charge in [-0.2, -0.15) is 0 Å². The zero-order valence-electron chi connectivity index (χ0n) is 7.09. The lowest BCUT2D eigenvalue weighted by molar-refractivity contribution is 0.281. The molecule has 5 heteroatoms. The Kier molecular flexibility index (Phi) is 3.45. The van der Waals surface area contributed by atoms with E-state index in [4.69, 9.17) is 16.7 Å². The van der Waals surface area contributed by atoms with Gasteiger partial charge >= 0.3 is 0 Å². The summed E-state index contributed by atoms with van der Waals surface area (Å²) in [5.41, 5.74) is 0. The van der Waals surface area contributed by atoms with Crippen LogP contribution in [-0.4, -0.2) is 22.7 Å². The van der Waals surface area contributed by atoms with Crippen LogP contribution in [0.2, 0.25) is 5.02 Å². The van der Waals surface area contributed by atoms with Crippen molar-refractivity contribution < 1.29 is 9.50 Å². The number of nitrogens with zero attached hydrogens (tertiary/aromatic N) is 1. The van der Waals surface area contributed by atoms with Crippen molar-refractivity contribution in [1.29, 1.82) is 0 Å². The van der Waals surface area contributed by atoms with Gasteiger partial charge in [-0.05, 0) is 13.0 Å². The van der Waals surface area contributed by atoms with Gasteiger partial charge < -0.3 is 10.4 Å². The molecule has 0 saturated heterocycles. The molecule has 0 spiro atoms. The highest BCUT2D eigenvalue weighted by Crippen LogP contribution is 2.15. The van der Waals surface area contributed by atoms with Gasteiger partial charge in [0.15, 0.2) is 11.6 Å². The molecule has 3 nitrogen and oxygen atoms in total. The maximum atomic E-state index is 13.1. The smallest absolute Gasteiger partial charge is 0.166 e. The van der Waals surface area contributed by atoms with E-state index in [1.807, 2.05) is 0 Å². The monoisotopic (exact) mass is 204 g/mol. The maximum absolute atomic E-state index is 13.1. The highest BCUT2D eigenvalue weighted by molar-refractivity contribution is 6.30. The van der Waals surface area contributed by atoms with Crippen molar-refractivity contribution in [2.75, 3.05) is 11.9 Å². The first kappa shape index (κ1) is 10.2. The second-order valence-corrected chi connectivity index (χ2v) is 3.15. The third-order valence-corrected chi connectivity index (χ3v) is 1.67. The van der Waals surface area contributed by atoms with Gasteiger partial charge in [0.25, 0.3) is 0 Å². The Morgan fingerprint density at radius 3 is 3.00 bits per heavy atom. The van der Waals surface area contributed by atoms with Crippen LogP contribution < -0.4 is 5.32 Å². The molecule has 1 unspecified atom stereocenters. The maximum Gasteiger partial charge on any atom is 0.166 e. The number of hydrogen-bond acceptors (Lipinski definition) is 3. The summed E-state index contributed by atoms with van der Waals surface area (Å²) in [6, 6.07) is 0.934. The number of aliphatic hydroxyl groups excluding tert-OH is 1. The van der Waals surface area contributed by atoms with Crippen LogP contribution in [0.15, 0.2) is 12.3 Å². The first-order valence-corrected chi connectivity index (χ1v) is 4.19. The summed E-state index contributed by atoms with van der Waals surface area (Å²) in [5, 5.41) is 11.6. The Bertz CT molecular complexity index is 295. The van der Waals surface area contributed by atoms with E-state index in [1.54, 1.807) is 6.92 Å². The fraction of sp³-hybridized carbons (Fsp3) is 0.375. The van der Waals surface area contributed by atoms with Crippen LogP contribution >= 0.6 is 11.6 Å². The molecule has 13 heavy (non-hydrogen) atoms. The highest BCUT2D eigenvalue weighted by Gasteiger charge is 2.06. The third kappa shape index (κ3) is 2.82. The molecule has 72 valence electrons. The number of aliphatic hydroxyl groups is 1. The van der Waals surface area contributed by atoms with Crippen LogP contribution in [0.3, 0.4) is 0 Å². The fourth-order valence-electron chi connectivity index (χ4n) is 0.800. The number of aromatic nitrogens is 1. The van der Waals surface area contributed by atoms with Gasteiger partial charge in [-0.1, -0.05) is 11.6 Å². The third-order valence-electron chi connectivity index (χ3n) is 1.46. The Morgan fingerprint density at radius 1 is 1.77 bits per heavy atom. The van der Waals surface area contributed by atoms with Crippen LogP contribution in [0, 0.1) is 5.82 Å². The van der Waals surface area contributed by atoms with Crippen LogP contribution in [0.4, 0.5) is 10.2 Å². The molecular formula is C8H10ClFN2O. The van der Waals surface area contributed by atoms with Crippen molar-refractivity contribution >= 4 is 17.4 Å².